The van der Waals surface area contributed by atoms with Crippen molar-refractivity contribution in [2.75, 3.05) is 0 Å². The standard InChI is InChI=1S/B99/c1-51-76(50)89(77(52(2)3)53(4)5)95(88(74(46)47)75(48)49)98(94(86(70(38)39)71(40)41)87(72(42)43)73(44)45)99(96(90(78(54(6)7)55(8)9)79(56(10)11)57(12)13)91(80(58(14)15)59(16)17)81(60(18)19)61(20)21)97(92(82(62(22)23)63(24)25)83(64(26)27)65(28)29)93(84(66(30)31)67(32)33)85(68(34)35)69(36)37. The van der Waals surface area contributed by atoms with Crippen LogP contribution in [0.1, 0.15) is 0 Å². The van der Waals surface area contributed by atoms with Crippen LogP contribution in [0.5, 0.6) is 0 Å². The van der Waals surface area contributed by atoms with E-state index in [2.05, 4.69) is 0 Å². The van der Waals surface area contributed by atoms with Crippen molar-refractivity contribution in [3.63, 3.8) is 0 Å². The molecule has 0 amide bonds. The average Bonchev–Trinajstić information content (AvgIpc) is 3.39. The molecule has 0 saturated carbocycles. The molecule has 0 aromatic carbocycles. The summed E-state index contributed by atoms with van der Waals surface area (Å²) in [5, 5.41) is 0. The first-order chi connectivity index (χ1) is 45.1. The molecule has 0 atom stereocenters. The molecule has 0 nitrogen and oxygen atoms in total. The maximum absolute atomic E-state index is 7.48. The van der Waals surface area contributed by atoms with Gasteiger partial charge < -0.3 is 0 Å². The van der Waals surface area contributed by atoms with Crippen LogP contribution in [0.3, 0.4) is 0 Å². The number of rotatable bonds is 48. The van der Waals surface area contributed by atoms with E-state index in [4.69, 9.17) is 387 Å². The molecule has 0 spiro atoms. The summed E-state index contributed by atoms with van der Waals surface area (Å²) in [6, 6.07) is 0. The summed E-state index contributed by atoms with van der Waals surface area (Å²) < 4.78 is 0. The lowest BCUT2D eigenvalue weighted by atomic mass is 8.18. The van der Waals surface area contributed by atoms with Gasteiger partial charge in [-0.2, -0.15) is 0 Å². The Morgan fingerprint density at radius 2 is 0.152 bits per heavy atom. The van der Waals surface area contributed by atoms with Crippen LogP contribution in [0, 0.1) is 0 Å². The minimum Gasteiger partial charge on any atom is 0 e. The van der Waals surface area contributed by atoms with E-state index in [0.29, 0.717) is 0 Å². The molecule has 99 heavy (non-hydrogen) atoms. The van der Waals surface area contributed by atoms with Crippen molar-refractivity contribution in [1.82, 2.24) is 0 Å². The van der Waals surface area contributed by atoms with Crippen molar-refractivity contribution in [3.05, 3.63) is 0 Å². The van der Waals surface area contributed by atoms with Crippen LogP contribution in [0.2, 0.25) is 0 Å². The van der Waals surface area contributed by atoms with Gasteiger partial charge >= 0.3 is 0 Å². The highest BCUT2D eigenvalue weighted by atomic mass is 13.5. The minimum atomic E-state index is -2.29. The van der Waals surface area contributed by atoms with Gasteiger partial charge in [-0.3, -0.25) is 0 Å². The van der Waals surface area contributed by atoms with Crippen LogP contribution >= 0.6 is 0 Å². The normalized spacial score (nSPS) is 9.82. The molecule has 0 aromatic rings. The summed E-state index contributed by atoms with van der Waals surface area (Å²) in [5.74, 6) is 0. The largest absolute Gasteiger partial charge is 0 e. The summed E-state index contributed by atoms with van der Waals surface area (Å²) >= 11 is 0. The van der Waals surface area contributed by atoms with E-state index in [-0.39, 0.29) is 0 Å². The van der Waals surface area contributed by atoms with Gasteiger partial charge in [0.15, 0.2) is 0 Å². The number of hydrogen-bond donors (Lipinski definition) is 0. The molecular weight excluding hydrogens is 1070 g/mol. The Balaban J connectivity index is 14.6. The molecule has 101 radical (unpaired) electrons. The molecule has 0 unspecified atom stereocenters. The number of hydrogen-bond acceptors (Lipinski definition) is 0. The maximum atomic E-state index is 7.48. The lowest BCUT2D eigenvalue weighted by molar-refractivity contribution is 3.12. The summed E-state index contributed by atoms with van der Waals surface area (Å²) in [7, 11) is 356. The molecule has 0 rings (SSSR count). The molecule has 0 aliphatic heterocycles. The van der Waals surface area contributed by atoms with E-state index in [0.717, 1.165) is 7.06 Å². The van der Waals surface area contributed by atoms with Gasteiger partial charge in [0.1, 0.15) is 0 Å². The second kappa shape index (κ2) is 48.7. The Morgan fingerprint density at radius 3 is 0.222 bits per heavy atom. The lowest BCUT2D eigenvalue weighted by Crippen LogP contribution is -3.01. The third-order valence-corrected chi connectivity index (χ3v) is 21.1. The van der Waals surface area contributed by atoms with Gasteiger partial charge in [0, 0.05) is 700 Å². The van der Waals surface area contributed by atoms with Crippen LogP contribution in [0.15, 0.2) is 0 Å². The molecule has 0 N–H and O–H groups in total. The molecule has 0 aliphatic carbocycles. The van der Waals surface area contributed by atoms with E-state index in [1.165, 1.54) is 0 Å². The average molecular weight is 1070 g/mol. The Morgan fingerprint density at radius 1 is 0.0909 bits per heavy atom. The fourth-order valence-corrected chi connectivity index (χ4v) is 17.8. The first-order valence-corrected chi connectivity index (χ1v) is 32.7. The van der Waals surface area contributed by atoms with Crippen molar-refractivity contribution in [3.8, 4) is 0 Å². The minimum absolute atomic E-state index is 0.981. The quantitative estimate of drug-likeness (QED) is 0.0533. The SMILES string of the molecule is [B][B]B([B])B(B(B([B])[B])B([B])[B])B(B(B([B])[B])B([B])[B])B(B(B(B([B])[B])B([B])[B])B(B([B])[B])B([B])[B])B(B(B(B(B([B])[B])B([B])[B])B(B([B])[B])B([B])[B])B(B(B([B])[B])B([B])[B])B(B([B])[B])B([B])[B])B(B(B(B([B])[B])B([B])[B])B(B([B])[B])B([B])[B])B(B(B([B])[B])B([B])[B])B(B([B])[B])B([B])[B]. The Hall–Kier alpha value is 6.43. The molecule has 0 saturated heterocycles. The van der Waals surface area contributed by atoms with Crippen LogP contribution < -0.4 is 0 Å². The van der Waals surface area contributed by atoms with Gasteiger partial charge in [0.2, 0.25) is 0 Å². The van der Waals surface area contributed by atoms with Gasteiger partial charge in [-0.25, -0.2) is 0 Å². The topological polar surface area (TPSA) is 0 Å². The van der Waals surface area contributed by atoms with Crippen molar-refractivity contribution < 1.29 is 0 Å². The van der Waals surface area contributed by atoms with Crippen molar-refractivity contribution >= 4 is 700 Å². The summed E-state index contributed by atoms with van der Waals surface area (Å²) in [6.45, 7) is 0. The molecule has 0 bridgehead atoms. The predicted molar refractivity (Wildman–Crippen MR) is 570 cm³/mol. The van der Waals surface area contributed by atoms with Crippen LogP contribution in [-0.2, 0) is 0 Å². The monoisotopic (exact) mass is 1090 g/mol. The first kappa shape index (κ1) is 105. The molecule has 297 valence electrons. The summed E-state index contributed by atoms with van der Waals surface area (Å²) in [6.07, 6.45) is -90.2. The van der Waals surface area contributed by atoms with E-state index in [1.807, 2.05) is 0 Å². The van der Waals surface area contributed by atoms with Gasteiger partial charge in [0.25, 0.3) is 0 Å². The van der Waals surface area contributed by atoms with Crippen LogP contribution in [0.4, 0.5) is 0 Å². The second-order valence-electron chi connectivity index (χ2n) is 27.9. The third kappa shape index (κ3) is 28.4. The molecule has 0 heterocycles. The highest BCUT2D eigenvalue weighted by Gasteiger charge is 2.68. The molecule has 0 aliphatic rings. The van der Waals surface area contributed by atoms with Crippen molar-refractivity contribution in [2.45, 2.75) is 0 Å². The van der Waals surface area contributed by atoms with E-state index in [1.54, 1.807) is 0 Å². The van der Waals surface area contributed by atoms with Crippen LogP contribution in [-0.4, -0.2) is 700 Å². The molecule has 0 aromatic heterocycles. The van der Waals surface area contributed by atoms with Gasteiger partial charge in [-0.05, 0) is 0 Å². The third-order valence-electron chi connectivity index (χ3n) is 21.1. The Bertz CT molecular complexity index is 1660. The zero-order valence-electron chi connectivity index (χ0n) is 57.2. The maximum Gasteiger partial charge on any atom is 0 e. The van der Waals surface area contributed by atoms with Crippen molar-refractivity contribution in [1.29, 1.82) is 0 Å². The zero-order chi connectivity index (χ0) is 78.4. The predicted octanol–water partition coefficient (Wildman–Crippen LogP) is -37.7. The highest BCUT2D eigenvalue weighted by Crippen LogP contribution is 2.30. The Kier molecular flexibility index (Phi) is 51.9. The summed E-state index contributed by atoms with van der Waals surface area (Å²) in [4.78, 5) is 0. The van der Waals surface area contributed by atoms with E-state index in [9.17, 15) is 0 Å². The van der Waals surface area contributed by atoms with E-state index < -0.39 is 306 Å². The fraction of sp³-hybridized carbons (Fsp3) is 0. The van der Waals surface area contributed by atoms with Gasteiger partial charge in [0.05, 0.1) is 0 Å². The zero-order valence-corrected chi connectivity index (χ0v) is 57.2. The van der Waals surface area contributed by atoms with Gasteiger partial charge in [-0.15, -0.1) is 0 Å². The molecule has 0 fully saturated rings. The summed E-state index contributed by atoms with van der Waals surface area (Å²) in [5.41, 5.74) is 0. The van der Waals surface area contributed by atoms with Crippen molar-refractivity contribution in [2.24, 2.45) is 0 Å². The molecular formula is B99. The van der Waals surface area contributed by atoms with Gasteiger partial charge in [-0.1, -0.05) is 0 Å². The van der Waals surface area contributed by atoms with E-state index >= 15 is 0 Å². The smallest absolute Gasteiger partial charge is 0 e. The lowest BCUT2D eigenvalue weighted by Gasteiger charge is -2.63. The first-order valence-electron chi connectivity index (χ1n) is 32.7. The Labute approximate surface area is 693 Å². The second-order valence-corrected chi connectivity index (χ2v) is 27.9. The molecule has 99 heteroatoms. The highest BCUT2D eigenvalue weighted by molar-refractivity contribution is 8.44. The fourth-order valence-electron chi connectivity index (χ4n) is 17.8. The van der Waals surface area contributed by atoms with Crippen LogP contribution in [0.25, 0.3) is 0 Å².